The fourth-order valence-corrected chi connectivity index (χ4v) is 3.91. The van der Waals surface area contributed by atoms with Crippen LogP contribution >= 0.6 is 0 Å². The van der Waals surface area contributed by atoms with Crippen LogP contribution in [-0.2, 0) is 16.0 Å². The molecule has 140 valence electrons. The summed E-state index contributed by atoms with van der Waals surface area (Å²) in [6, 6.07) is 6.10. The Labute approximate surface area is 152 Å². The van der Waals surface area contributed by atoms with E-state index < -0.39 is 0 Å². The number of aromatic amines is 2. The summed E-state index contributed by atoms with van der Waals surface area (Å²) in [5, 5.41) is 3.59. The SMILES string of the molecule is O=C(Cc1ccc2[nH]c(=O)[nH]c2c1)N1CCC(NCC2CCCO2)CC1. The molecule has 0 bridgehead atoms. The van der Waals surface area contributed by atoms with E-state index in [1.807, 2.05) is 23.1 Å². The van der Waals surface area contributed by atoms with Gasteiger partial charge in [-0.1, -0.05) is 6.07 Å². The van der Waals surface area contributed by atoms with Crippen LogP contribution < -0.4 is 11.0 Å². The smallest absolute Gasteiger partial charge is 0.323 e. The van der Waals surface area contributed by atoms with Gasteiger partial charge in [0.2, 0.25) is 5.91 Å². The predicted octanol–water partition coefficient (Wildman–Crippen LogP) is 1.16. The number of ether oxygens (including phenoxy) is 1. The highest BCUT2D eigenvalue weighted by Gasteiger charge is 2.24. The van der Waals surface area contributed by atoms with Crippen molar-refractivity contribution in [2.75, 3.05) is 26.2 Å². The molecule has 0 radical (unpaired) electrons. The summed E-state index contributed by atoms with van der Waals surface area (Å²) in [5.41, 5.74) is 2.22. The van der Waals surface area contributed by atoms with Crippen molar-refractivity contribution in [2.24, 2.45) is 0 Å². The molecule has 1 aromatic carbocycles. The lowest BCUT2D eigenvalue weighted by Gasteiger charge is -2.33. The van der Waals surface area contributed by atoms with Gasteiger partial charge in [0.25, 0.3) is 0 Å². The zero-order valence-corrected chi connectivity index (χ0v) is 14.9. The number of nitrogens with one attached hydrogen (secondary N) is 3. The molecule has 0 aliphatic carbocycles. The highest BCUT2D eigenvalue weighted by atomic mass is 16.5. The molecule has 4 rings (SSSR count). The summed E-state index contributed by atoms with van der Waals surface area (Å²) in [6.45, 7) is 3.41. The maximum atomic E-state index is 12.6. The molecule has 3 N–H and O–H groups in total. The van der Waals surface area contributed by atoms with E-state index in [2.05, 4.69) is 15.3 Å². The summed E-state index contributed by atoms with van der Waals surface area (Å²) in [6.07, 6.45) is 5.04. The Morgan fingerprint density at radius 2 is 2.00 bits per heavy atom. The molecule has 3 heterocycles. The van der Waals surface area contributed by atoms with Crippen molar-refractivity contribution in [1.82, 2.24) is 20.2 Å². The fourth-order valence-electron chi connectivity index (χ4n) is 3.91. The van der Waals surface area contributed by atoms with Crippen LogP contribution in [-0.4, -0.2) is 59.2 Å². The van der Waals surface area contributed by atoms with Crippen LogP contribution in [0.25, 0.3) is 11.0 Å². The number of hydrogen-bond donors (Lipinski definition) is 3. The lowest BCUT2D eigenvalue weighted by Crippen LogP contribution is -2.46. The van der Waals surface area contributed by atoms with Crippen LogP contribution in [0.3, 0.4) is 0 Å². The first-order valence-corrected chi connectivity index (χ1v) is 9.51. The molecule has 0 saturated carbocycles. The molecule has 2 fully saturated rings. The quantitative estimate of drug-likeness (QED) is 0.748. The van der Waals surface area contributed by atoms with Crippen molar-refractivity contribution >= 4 is 16.9 Å². The maximum Gasteiger partial charge on any atom is 0.323 e. The zero-order chi connectivity index (χ0) is 17.9. The van der Waals surface area contributed by atoms with Crippen LogP contribution in [0.15, 0.2) is 23.0 Å². The van der Waals surface area contributed by atoms with Gasteiger partial charge in [0.05, 0.1) is 23.6 Å². The molecule has 1 unspecified atom stereocenters. The van der Waals surface area contributed by atoms with Crippen LogP contribution in [0.1, 0.15) is 31.2 Å². The minimum Gasteiger partial charge on any atom is -0.377 e. The normalized spacial score (nSPS) is 21.5. The second kappa shape index (κ2) is 7.63. The molecular weight excluding hydrogens is 332 g/mol. The van der Waals surface area contributed by atoms with Gasteiger partial charge in [-0.05, 0) is 43.4 Å². The maximum absolute atomic E-state index is 12.6. The van der Waals surface area contributed by atoms with Crippen molar-refractivity contribution in [3.05, 3.63) is 34.2 Å². The summed E-state index contributed by atoms with van der Waals surface area (Å²) in [7, 11) is 0. The Morgan fingerprint density at radius 3 is 2.77 bits per heavy atom. The molecule has 2 aromatic rings. The largest absolute Gasteiger partial charge is 0.377 e. The first-order valence-electron chi connectivity index (χ1n) is 9.51. The molecule has 1 aromatic heterocycles. The van der Waals surface area contributed by atoms with Crippen molar-refractivity contribution in [3.8, 4) is 0 Å². The monoisotopic (exact) mass is 358 g/mol. The van der Waals surface area contributed by atoms with Gasteiger partial charge >= 0.3 is 5.69 Å². The third-order valence-electron chi connectivity index (χ3n) is 5.44. The topological polar surface area (TPSA) is 90.2 Å². The number of aromatic nitrogens is 2. The van der Waals surface area contributed by atoms with E-state index in [1.54, 1.807) is 0 Å². The van der Waals surface area contributed by atoms with E-state index in [4.69, 9.17) is 4.74 Å². The lowest BCUT2D eigenvalue weighted by molar-refractivity contribution is -0.131. The molecule has 26 heavy (non-hydrogen) atoms. The Kier molecular flexibility index (Phi) is 5.08. The Hall–Kier alpha value is -2.12. The summed E-state index contributed by atoms with van der Waals surface area (Å²) < 4.78 is 5.65. The average Bonchev–Trinajstić information content (AvgIpc) is 3.28. The third kappa shape index (κ3) is 3.99. The van der Waals surface area contributed by atoms with Gasteiger partial charge in [0, 0.05) is 32.3 Å². The molecule has 1 amide bonds. The molecule has 0 spiro atoms. The number of H-pyrrole nitrogens is 2. The van der Waals surface area contributed by atoms with Crippen LogP contribution in [0.5, 0.6) is 0 Å². The first kappa shape index (κ1) is 17.3. The van der Waals surface area contributed by atoms with Gasteiger partial charge < -0.3 is 24.9 Å². The number of piperidine rings is 1. The highest BCUT2D eigenvalue weighted by Crippen LogP contribution is 2.16. The van der Waals surface area contributed by atoms with Crippen molar-refractivity contribution < 1.29 is 9.53 Å². The second-order valence-corrected chi connectivity index (χ2v) is 7.33. The second-order valence-electron chi connectivity index (χ2n) is 7.33. The number of imidazole rings is 1. The van der Waals surface area contributed by atoms with Crippen molar-refractivity contribution in [2.45, 2.75) is 44.2 Å². The minimum atomic E-state index is -0.221. The number of carbonyl (C=O) groups excluding carboxylic acids is 1. The zero-order valence-electron chi connectivity index (χ0n) is 14.9. The van der Waals surface area contributed by atoms with Crippen LogP contribution in [0, 0.1) is 0 Å². The minimum absolute atomic E-state index is 0.153. The number of fused-ring (bicyclic) bond motifs is 1. The summed E-state index contributed by atoms with van der Waals surface area (Å²) in [5.74, 6) is 0.153. The number of nitrogens with zero attached hydrogens (tertiary/aromatic N) is 1. The molecule has 1 atom stereocenters. The number of hydrogen-bond acceptors (Lipinski definition) is 4. The van der Waals surface area contributed by atoms with E-state index >= 15 is 0 Å². The molecule has 2 saturated heterocycles. The first-order chi connectivity index (χ1) is 12.7. The number of rotatable bonds is 5. The third-order valence-corrected chi connectivity index (χ3v) is 5.44. The Morgan fingerprint density at radius 1 is 1.19 bits per heavy atom. The molecule has 7 heteroatoms. The van der Waals surface area contributed by atoms with E-state index in [0.29, 0.717) is 18.6 Å². The number of carbonyl (C=O) groups is 1. The van der Waals surface area contributed by atoms with Gasteiger partial charge in [-0.3, -0.25) is 4.79 Å². The summed E-state index contributed by atoms with van der Waals surface area (Å²) >= 11 is 0. The van der Waals surface area contributed by atoms with Crippen molar-refractivity contribution in [1.29, 1.82) is 0 Å². The predicted molar refractivity (Wildman–Crippen MR) is 99.2 cm³/mol. The van der Waals surface area contributed by atoms with Crippen LogP contribution in [0.4, 0.5) is 0 Å². The van der Waals surface area contributed by atoms with Gasteiger partial charge in [-0.25, -0.2) is 4.79 Å². The van der Waals surface area contributed by atoms with Gasteiger partial charge in [-0.15, -0.1) is 0 Å². The number of amides is 1. The van der Waals surface area contributed by atoms with E-state index in [9.17, 15) is 9.59 Å². The van der Waals surface area contributed by atoms with Gasteiger partial charge in [0.15, 0.2) is 0 Å². The number of benzene rings is 1. The Balaban J connectivity index is 1.26. The molecule has 2 aliphatic heterocycles. The summed E-state index contributed by atoms with van der Waals surface area (Å²) in [4.78, 5) is 31.3. The Bertz CT molecular complexity index is 814. The lowest BCUT2D eigenvalue weighted by atomic mass is 10.0. The molecular formula is C19H26N4O3. The van der Waals surface area contributed by atoms with Gasteiger partial charge in [-0.2, -0.15) is 0 Å². The standard InChI is InChI=1S/C19H26N4O3/c24-18(11-13-3-4-16-17(10-13)22-19(25)21-16)23-7-5-14(6-8-23)20-12-15-2-1-9-26-15/h3-4,10,14-15,20H,1-2,5-9,11-12H2,(H2,21,22,25). The van der Waals surface area contributed by atoms with E-state index in [-0.39, 0.29) is 11.6 Å². The van der Waals surface area contributed by atoms with E-state index in [1.165, 1.54) is 6.42 Å². The van der Waals surface area contributed by atoms with Crippen LogP contribution in [0.2, 0.25) is 0 Å². The average molecular weight is 358 g/mol. The molecule has 7 nitrogen and oxygen atoms in total. The van der Waals surface area contributed by atoms with Gasteiger partial charge in [0.1, 0.15) is 0 Å². The fraction of sp³-hybridized carbons (Fsp3) is 0.579. The van der Waals surface area contributed by atoms with E-state index in [0.717, 1.165) is 62.1 Å². The molecule has 2 aliphatic rings. The number of likely N-dealkylation sites (tertiary alicyclic amines) is 1. The highest BCUT2D eigenvalue weighted by molar-refractivity contribution is 5.81. The van der Waals surface area contributed by atoms with Crippen molar-refractivity contribution in [3.63, 3.8) is 0 Å².